The van der Waals surface area contributed by atoms with E-state index in [1.807, 2.05) is 18.4 Å². The van der Waals surface area contributed by atoms with Crippen LogP contribution in [0.5, 0.6) is 0 Å². The quantitative estimate of drug-likeness (QED) is 0.898. The summed E-state index contributed by atoms with van der Waals surface area (Å²) in [6, 6.07) is 1.85. The summed E-state index contributed by atoms with van der Waals surface area (Å²) in [5, 5.41) is 11.6. The number of thiophene rings is 1. The molecule has 122 valence electrons. The molecular weight excluding hydrogens is 334 g/mol. The molecule has 4 heterocycles. The molecule has 2 aromatic rings. The SMILES string of the molecule is Cc1nn([C@@H]2CCS(=O)(=O)C2)c2c1[C@@H](c1ccsc1)CC(=O)N2. The van der Waals surface area contributed by atoms with Crippen LogP contribution in [0.25, 0.3) is 0 Å². The highest BCUT2D eigenvalue weighted by Crippen LogP contribution is 2.41. The van der Waals surface area contributed by atoms with Gasteiger partial charge in [-0.25, -0.2) is 13.1 Å². The summed E-state index contributed by atoms with van der Waals surface area (Å²) < 4.78 is 25.3. The van der Waals surface area contributed by atoms with Crippen molar-refractivity contribution in [3.05, 3.63) is 33.6 Å². The Hall–Kier alpha value is -1.67. The van der Waals surface area contributed by atoms with Crippen molar-refractivity contribution in [1.82, 2.24) is 9.78 Å². The zero-order valence-corrected chi connectivity index (χ0v) is 14.3. The third-order valence-electron chi connectivity index (χ3n) is 4.63. The molecule has 1 amide bonds. The van der Waals surface area contributed by atoms with Gasteiger partial charge in [0.25, 0.3) is 0 Å². The van der Waals surface area contributed by atoms with E-state index in [2.05, 4.69) is 15.8 Å². The second kappa shape index (κ2) is 5.17. The molecule has 2 aromatic heterocycles. The highest BCUT2D eigenvalue weighted by Gasteiger charge is 2.37. The highest BCUT2D eigenvalue weighted by molar-refractivity contribution is 7.91. The minimum Gasteiger partial charge on any atom is -0.311 e. The smallest absolute Gasteiger partial charge is 0.226 e. The van der Waals surface area contributed by atoms with Gasteiger partial charge in [-0.3, -0.25) is 4.79 Å². The van der Waals surface area contributed by atoms with Crippen LogP contribution < -0.4 is 5.32 Å². The number of carbonyl (C=O) groups excluding carboxylic acids is 1. The molecule has 1 saturated heterocycles. The molecule has 2 aliphatic heterocycles. The third kappa shape index (κ3) is 2.49. The number of aryl methyl sites for hydroxylation is 1. The highest BCUT2D eigenvalue weighted by atomic mass is 32.2. The van der Waals surface area contributed by atoms with Gasteiger partial charge in [0.2, 0.25) is 5.91 Å². The number of hydrogen-bond acceptors (Lipinski definition) is 5. The van der Waals surface area contributed by atoms with Gasteiger partial charge in [0.05, 0.1) is 23.2 Å². The first kappa shape index (κ1) is 14.9. The predicted octanol–water partition coefficient (Wildman–Crippen LogP) is 2.09. The van der Waals surface area contributed by atoms with Crippen molar-refractivity contribution < 1.29 is 13.2 Å². The van der Waals surface area contributed by atoms with E-state index in [1.54, 1.807) is 16.0 Å². The van der Waals surface area contributed by atoms with E-state index in [9.17, 15) is 13.2 Å². The van der Waals surface area contributed by atoms with Crippen LogP contribution in [0.4, 0.5) is 5.82 Å². The van der Waals surface area contributed by atoms with Crippen molar-refractivity contribution >= 4 is 32.9 Å². The van der Waals surface area contributed by atoms with Crippen molar-refractivity contribution in [2.24, 2.45) is 0 Å². The van der Waals surface area contributed by atoms with Crippen molar-refractivity contribution in [2.45, 2.75) is 31.7 Å². The number of amides is 1. The molecule has 4 rings (SSSR count). The molecule has 2 aliphatic rings. The van der Waals surface area contributed by atoms with Crippen molar-refractivity contribution in [3.8, 4) is 0 Å². The van der Waals surface area contributed by atoms with Crippen LogP contribution in [0, 0.1) is 6.92 Å². The molecule has 6 nitrogen and oxygen atoms in total. The fraction of sp³-hybridized carbons (Fsp3) is 0.467. The van der Waals surface area contributed by atoms with Crippen LogP contribution >= 0.6 is 11.3 Å². The van der Waals surface area contributed by atoms with Crippen LogP contribution in [0.1, 0.15) is 41.6 Å². The standard InChI is InChI=1S/C15H17N3O3S2/c1-9-14-12(10-2-4-22-7-10)6-13(19)16-15(14)18(17-9)11-3-5-23(20,21)8-11/h2,4,7,11-12H,3,5-6,8H2,1H3,(H,16,19)/t11-,12-/m1/s1. The summed E-state index contributed by atoms with van der Waals surface area (Å²) in [5.41, 5.74) is 3.00. The zero-order valence-electron chi connectivity index (χ0n) is 12.7. The van der Waals surface area contributed by atoms with Gasteiger partial charge in [-0.2, -0.15) is 16.4 Å². The Balaban J connectivity index is 1.81. The van der Waals surface area contributed by atoms with E-state index in [0.29, 0.717) is 18.7 Å². The summed E-state index contributed by atoms with van der Waals surface area (Å²) in [6.45, 7) is 1.93. The zero-order chi connectivity index (χ0) is 16.2. The Morgan fingerprint density at radius 1 is 1.43 bits per heavy atom. The van der Waals surface area contributed by atoms with Gasteiger partial charge in [-0.1, -0.05) is 0 Å². The number of sulfone groups is 1. The Morgan fingerprint density at radius 3 is 2.91 bits per heavy atom. The average molecular weight is 351 g/mol. The molecule has 23 heavy (non-hydrogen) atoms. The third-order valence-corrected chi connectivity index (χ3v) is 7.08. The van der Waals surface area contributed by atoms with E-state index in [0.717, 1.165) is 16.8 Å². The normalized spacial score (nSPS) is 26.0. The number of rotatable bonds is 2. The Labute approximate surface area is 138 Å². The van der Waals surface area contributed by atoms with E-state index in [4.69, 9.17) is 0 Å². The minimum absolute atomic E-state index is 0.00300. The molecule has 0 bridgehead atoms. The summed E-state index contributed by atoms with van der Waals surface area (Å²) in [6.07, 6.45) is 0.952. The molecule has 0 radical (unpaired) electrons. The van der Waals surface area contributed by atoms with Crippen molar-refractivity contribution in [1.29, 1.82) is 0 Å². The molecule has 0 spiro atoms. The van der Waals surface area contributed by atoms with E-state index >= 15 is 0 Å². The maximum absolute atomic E-state index is 12.2. The maximum Gasteiger partial charge on any atom is 0.226 e. The first-order valence-corrected chi connectivity index (χ1v) is 10.3. The summed E-state index contributed by atoms with van der Waals surface area (Å²) in [5.74, 6) is 0.914. The molecule has 2 atom stereocenters. The lowest BCUT2D eigenvalue weighted by Crippen LogP contribution is -2.26. The van der Waals surface area contributed by atoms with Gasteiger partial charge in [-0.15, -0.1) is 0 Å². The molecule has 8 heteroatoms. The number of aromatic nitrogens is 2. The number of hydrogen-bond donors (Lipinski definition) is 1. The second-order valence-corrected chi connectivity index (χ2v) is 9.22. The fourth-order valence-electron chi connectivity index (χ4n) is 3.56. The van der Waals surface area contributed by atoms with Crippen LogP contribution in [-0.2, 0) is 14.6 Å². The van der Waals surface area contributed by atoms with Crippen molar-refractivity contribution in [2.75, 3.05) is 16.8 Å². The van der Waals surface area contributed by atoms with Gasteiger partial charge < -0.3 is 5.32 Å². The van der Waals surface area contributed by atoms with Crippen molar-refractivity contribution in [3.63, 3.8) is 0 Å². The monoisotopic (exact) mass is 351 g/mol. The average Bonchev–Trinajstić information content (AvgIpc) is 3.18. The molecule has 0 saturated carbocycles. The summed E-state index contributed by atoms with van der Waals surface area (Å²) in [4.78, 5) is 12.2. The lowest BCUT2D eigenvalue weighted by atomic mass is 9.87. The van der Waals surface area contributed by atoms with Gasteiger partial charge in [0, 0.05) is 17.9 Å². The van der Waals surface area contributed by atoms with Crippen LogP contribution in [0.3, 0.4) is 0 Å². The largest absolute Gasteiger partial charge is 0.311 e. The molecule has 0 unspecified atom stereocenters. The van der Waals surface area contributed by atoms with Gasteiger partial charge in [0.15, 0.2) is 9.84 Å². The minimum atomic E-state index is -3.00. The maximum atomic E-state index is 12.2. The van der Waals surface area contributed by atoms with E-state index in [-0.39, 0.29) is 29.4 Å². The fourth-order valence-corrected chi connectivity index (χ4v) is 5.97. The van der Waals surface area contributed by atoms with Gasteiger partial charge in [-0.05, 0) is 35.7 Å². The number of carbonyl (C=O) groups is 1. The lowest BCUT2D eigenvalue weighted by Gasteiger charge is -2.24. The van der Waals surface area contributed by atoms with Gasteiger partial charge in [0.1, 0.15) is 5.82 Å². The molecule has 0 aromatic carbocycles. The second-order valence-electron chi connectivity index (χ2n) is 6.21. The number of fused-ring (bicyclic) bond motifs is 1. The molecule has 1 N–H and O–H groups in total. The molecule has 1 fully saturated rings. The number of nitrogens with one attached hydrogen (secondary N) is 1. The number of anilines is 1. The van der Waals surface area contributed by atoms with E-state index < -0.39 is 9.84 Å². The first-order valence-electron chi connectivity index (χ1n) is 7.56. The van der Waals surface area contributed by atoms with Crippen LogP contribution in [-0.4, -0.2) is 35.6 Å². The first-order chi connectivity index (χ1) is 10.9. The van der Waals surface area contributed by atoms with Crippen LogP contribution in [0.2, 0.25) is 0 Å². The number of nitrogens with zero attached hydrogens (tertiary/aromatic N) is 2. The van der Waals surface area contributed by atoms with Gasteiger partial charge >= 0.3 is 0 Å². The summed E-state index contributed by atoms with van der Waals surface area (Å²) >= 11 is 1.61. The Morgan fingerprint density at radius 2 is 2.26 bits per heavy atom. The predicted molar refractivity (Wildman–Crippen MR) is 88.7 cm³/mol. The Bertz CT molecular complexity index is 868. The van der Waals surface area contributed by atoms with Crippen LogP contribution in [0.15, 0.2) is 16.8 Å². The topological polar surface area (TPSA) is 81.1 Å². The Kier molecular flexibility index (Phi) is 3.35. The van der Waals surface area contributed by atoms with E-state index in [1.165, 1.54) is 0 Å². The summed E-state index contributed by atoms with van der Waals surface area (Å²) in [7, 11) is -3.00. The molecule has 0 aliphatic carbocycles. The molecular formula is C15H17N3O3S2. The lowest BCUT2D eigenvalue weighted by molar-refractivity contribution is -0.116.